The number of nitrogens with zero attached hydrogens (tertiary/aromatic N) is 1. The van der Waals surface area contributed by atoms with E-state index in [1.807, 2.05) is 6.07 Å². The molecule has 0 radical (unpaired) electrons. The Morgan fingerprint density at radius 3 is 2.81 bits per heavy atom. The SMILES string of the molecule is CC=CC(=O)Nc1cc(C#N)cc(F)c1C. The second kappa shape index (κ2) is 5.08. The number of benzene rings is 1. The van der Waals surface area contributed by atoms with E-state index in [1.54, 1.807) is 19.9 Å². The number of hydrogen-bond donors (Lipinski definition) is 1. The highest BCUT2D eigenvalue weighted by Crippen LogP contribution is 2.20. The van der Waals surface area contributed by atoms with Gasteiger partial charge >= 0.3 is 0 Å². The smallest absolute Gasteiger partial charge is 0.248 e. The van der Waals surface area contributed by atoms with Crippen LogP contribution in [0, 0.1) is 24.1 Å². The maximum Gasteiger partial charge on any atom is 0.248 e. The molecular formula is C12H11FN2O. The molecule has 82 valence electrons. The minimum Gasteiger partial charge on any atom is -0.322 e. The summed E-state index contributed by atoms with van der Waals surface area (Å²) >= 11 is 0. The molecule has 0 unspecified atom stereocenters. The number of allylic oxidation sites excluding steroid dienone is 1. The minimum absolute atomic E-state index is 0.180. The number of nitriles is 1. The summed E-state index contributed by atoms with van der Waals surface area (Å²) in [5.74, 6) is -0.852. The number of amides is 1. The number of hydrogen-bond acceptors (Lipinski definition) is 2. The molecule has 1 N–H and O–H groups in total. The Bertz CT molecular complexity index is 487. The van der Waals surface area contributed by atoms with Gasteiger partial charge in [0.25, 0.3) is 0 Å². The Morgan fingerprint density at radius 2 is 2.25 bits per heavy atom. The predicted octanol–water partition coefficient (Wildman–Crippen LogP) is 2.52. The fourth-order valence-electron chi connectivity index (χ4n) is 1.20. The second-order valence-electron chi connectivity index (χ2n) is 3.23. The average Bonchev–Trinajstić information content (AvgIpc) is 2.24. The van der Waals surface area contributed by atoms with Crippen LogP contribution in [0.25, 0.3) is 0 Å². The zero-order valence-electron chi connectivity index (χ0n) is 9.04. The molecule has 0 saturated heterocycles. The lowest BCUT2D eigenvalue weighted by Crippen LogP contribution is -2.09. The first-order valence-corrected chi connectivity index (χ1v) is 4.72. The van der Waals surface area contributed by atoms with Crippen LogP contribution in [0.3, 0.4) is 0 Å². The third-order valence-electron chi connectivity index (χ3n) is 2.05. The molecule has 1 aromatic carbocycles. The lowest BCUT2D eigenvalue weighted by molar-refractivity contribution is -0.111. The van der Waals surface area contributed by atoms with Gasteiger partial charge in [-0.2, -0.15) is 5.26 Å². The molecule has 0 saturated carbocycles. The summed E-state index contributed by atoms with van der Waals surface area (Å²) in [6, 6.07) is 4.42. The van der Waals surface area contributed by atoms with E-state index in [1.165, 1.54) is 12.1 Å². The van der Waals surface area contributed by atoms with Gasteiger partial charge in [0.05, 0.1) is 11.6 Å². The first kappa shape index (κ1) is 11.9. The summed E-state index contributed by atoms with van der Waals surface area (Å²) in [6.07, 6.45) is 2.91. The quantitative estimate of drug-likeness (QED) is 0.775. The van der Waals surface area contributed by atoms with Crippen molar-refractivity contribution in [3.05, 3.63) is 41.2 Å². The Morgan fingerprint density at radius 1 is 1.56 bits per heavy atom. The van der Waals surface area contributed by atoms with Crippen molar-refractivity contribution in [1.29, 1.82) is 5.26 Å². The van der Waals surface area contributed by atoms with Crippen molar-refractivity contribution < 1.29 is 9.18 Å². The van der Waals surface area contributed by atoms with Crippen molar-refractivity contribution in [2.24, 2.45) is 0 Å². The highest BCUT2D eigenvalue weighted by atomic mass is 19.1. The van der Waals surface area contributed by atoms with Crippen LogP contribution in [0.1, 0.15) is 18.1 Å². The topological polar surface area (TPSA) is 52.9 Å². The van der Waals surface area contributed by atoms with Gasteiger partial charge in [-0.3, -0.25) is 4.79 Å². The summed E-state index contributed by atoms with van der Waals surface area (Å²) in [4.78, 5) is 11.3. The third-order valence-corrected chi connectivity index (χ3v) is 2.05. The van der Waals surface area contributed by atoms with E-state index in [9.17, 15) is 9.18 Å². The molecule has 0 fully saturated rings. The molecule has 0 heterocycles. The molecule has 0 aromatic heterocycles. The van der Waals surface area contributed by atoms with Crippen molar-refractivity contribution in [2.75, 3.05) is 5.32 Å². The zero-order valence-corrected chi connectivity index (χ0v) is 9.04. The molecule has 1 aromatic rings. The van der Waals surface area contributed by atoms with Gasteiger partial charge in [0.2, 0.25) is 5.91 Å². The van der Waals surface area contributed by atoms with E-state index >= 15 is 0 Å². The third kappa shape index (κ3) is 2.67. The van der Waals surface area contributed by atoms with E-state index in [0.717, 1.165) is 6.07 Å². The lowest BCUT2D eigenvalue weighted by Gasteiger charge is -2.07. The van der Waals surface area contributed by atoms with Gasteiger partial charge in [-0.25, -0.2) is 4.39 Å². The standard InChI is InChI=1S/C12H11FN2O/c1-3-4-12(16)15-11-6-9(7-14)5-10(13)8(11)2/h3-6H,1-2H3,(H,15,16). The number of halogens is 1. The van der Waals surface area contributed by atoms with E-state index < -0.39 is 5.82 Å². The van der Waals surface area contributed by atoms with Crippen molar-refractivity contribution in [3.8, 4) is 6.07 Å². The first-order valence-electron chi connectivity index (χ1n) is 4.72. The molecule has 0 spiro atoms. The lowest BCUT2D eigenvalue weighted by atomic mass is 10.1. The van der Waals surface area contributed by atoms with Crippen LogP contribution in [0.2, 0.25) is 0 Å². The molecule has 1 amide bonds. The monoisotopic (exact) mass is 218 g/mol. The highest BCUT2D eigenvalue weighted by Gasteiger charge is 2.08. The van der Waals surface area contributed by atoms with E-state index in [2.05, 4.69) is 5.32 Å². The van der Waals surface area contributed by atoms with Crippen LogP contribution in [0.5, 0.6) is 0 Å². The molecule has 0 atom stereocenters. The molecule has 0 aliphatic rings. The van der Waals surface area contributed by atoms with Crippen LogP contribution in [0.15, 0.2) is 24.3 Å². The molecule has 0 aliphatic carbocycles. The van der Waals surface area contributed by atoms with Crippen LogP contribution >= 0.6 is 0 Å². The van der Waals surface area contributed by atoms with Crippen molar-refractivity contribution in [2.45, 2.75) is 13.8 Å². The van der Waals surface area contributed by atoms with Gasteiger partial charge in [0.15, 0.2) is 0 Å². The average molecular weight is 218 g/mol. The summed E-state index contributed by atoms with van der Waals surface area (Å²) in [5.41, 5.74) is 0.815. The number of nitrogens with one attached hydrogen (secondary N) is 1. The van der Waals surface area contributed by atoms with Gasteiger partial charge < -0.3 is 5.32 Å². The molecular weight excluding hydrogens is 207 g/mol. The molecule has 1 rings (SSSR count). The largest absolute Gasteiger partial charge is 0.322 e. The van der Waals surface area contributed by atoms with Crippen LogP contribution in [-0.2, 0) is 4.79 Å². The number of carbonyl (C=O) groups excluding carboxylic acids is 1. The second-order valence-corrected chi connectivity index (χ2v) is 3.23. The maximum absolute atomic E-state index is 13.3. The number of anilines is 1. The van der Waals surface area contributed by atoms with Gasteiger partial charge in [0.1, 0.15) is 5.82 Å². The Labute approximate surface area is 93.2 Å². The van der Waals surface area contributed by atoms with Crippen LogP contribution in [0.4, 0.5) is 10.1 Å². The molecule has 0 bridgehead atoms. The fourth-order valence-corrected chi connectivity index (χ4v) is 1.20. The van der Waals surface area contributed by atoms with Crippen LogP contribution in [-0.4, -0.2) is 5.91 Å². The van der Waals surface area contributed by atoms with E-state index in [0.29, 0.717) is 11.3 Å². The zero-order chi connectivity index (χ0) is 12.1. The Kier molecular flexibility index (Phi) is 3.78. The van der Waals surface area contributed by atoms with E-state index in [4.69, 9.17) is 5.26 Å². The number of rotatable bonds is 2. The van der Waals surface area contributed by atoms with E-state index in [-0.39, 0.29) is 11.5 Å². The van der Waals surface area contributed by atoms with Crippen molar-refractivity contribution in [3.63, 3.8) is 0 Å². The molecule has 16 heavy (non-hydrogen) atoms. The Hall–Kier alpha value is -2.15. The molecule has 0 aliphatic heterocycles. The summed E-state index contributed by atoms with van der Waals surface area (Å²) in [7, 11) is 0. The minimum atomic E-state index is -0.505. The van der Waals surface area contributed by atoms with Crippen LogP contribution < -0.4 is 5.32 Å². The van der Waals surface area contributed by atoms with Crippen molar-refractivity contribution in [1.82, 2.24) is 0 Å². The van der Waals surface area contributed by atoms with Gasteiger partial charge in [-0.05, 0) is 32.1 Å². The van der Waals surface area contributed by atoms with Gasteiger partial charge in [0, 0.05) is 11.3 Å². The predicted molar refractivity (Wildman–Crippen MR) is 59.3 cm³/mol. The summed E-state index contributed by atoms with van der Waals surface area (Å²) < 4.78 is 13.3. The molecule has 3 nitrogen and oxygen atoms in total. The van der Waals surface area contributed by atoms with Gasteiger partial charge in [-0.1, -0.05) is 6.08 Å². The fraction of sp³-hybridized carbons (Fsp3) is 0.167. The Balaban J connectivity index is 3.09. The maximum atomic E-state index is 13.3. The number of carbonyl (C=O) groups is 1. The van der Waals surface area contributed by atoms with Gasteiger partial charge in [-0.15, -0.1) is 0 Å². The summed E-state index contributed by atoms with van der Waals surface area (Å²) in [5, 5.41) is 11.2. The summed E-state index contributed by atoms with van der Waals surface area (Å²) in [6.45, 7) is 3.25. The van der Waals surface area contributed by atoms with Crippen molar-refractivity contribution >= 4 is 11.6 Å². The highest BCUT2D eigenvalue weighted by molar-refractivity contribution is 5.99. The normalized spacial score (nSPS) is 10.1. The molecule has 4 heteroatoms. The first-order chi connectivity index (χ1) is 7.58.